The Morgan fingerprint density at radius 3 is 2.74 bits per heavy atom. The van der Waals surface area contributed by atoms with Gasteiger partial charge in [-0.3, -0.25) is 9.78 Å². The molecule has 112 valence electrons. The van der Waals surface area contributed by atoms with Crippen LogP contribution < -0.4 is 0 Å². The smallest absolute Gasteiger partial charge is 0.254 e. The van der Waals surface area contributed by atoms with Gasteiger partial charge in [0.25, 0.3) is 5.24 Å². The maximum Gasteiger partial charge on any atom is 0.254 e. The van der Waals surface area contributed by atoms with Crippen molar-refractivity contribution in [2.75, 3.05) is 0 Å². The number of hydrogen-bond acceptors (Lipinski definition) is 2. The van der Waals surface area contributed by atoms with Crippen LogP contribution in [-0.4, -0.2) is 14.8 Å². The van der Waals surface area contributed by atoms with Gasteiger partial charge >= 0.3 is 0 Å². The van der Waals surface area contributed by atoms with E-state index in [-0.39, 0.29) is 5.56 Å². The lowest BCUT2D eigenvalue weighted by molar-refractivity contribution is 0.108. The molecule has 5 heteroatoms. The fourth-order valence-electron chi connectivity index (χ4n) is 2.85. The van der Waals surface area contributed by atoms with Crippen molar-refractivity contribution >= 4 is 38.6 Å². The van der Waals surface area contributed by atoms with E-state index in [1.165, 1.54) is 12.1 Å². The van der Waals surface area contributed by atoms with Crippen molar-refractivity contribution in [3.63, 3.8) is 0 Å². The molecule has 2 aromatic carbocycles. The van der Waals surface area contributed by atoms with Gasteiger partial charge in [0.05, 0.1) is 22.3 Å². The molecule has 2 aromatic heterocycles. The van der Waals surface area contributed by atoms with Gasteiger partial charge in [-0.1, -0.05) is 18.2 Å². The molecule has 0 saturated carbocycles. The minimum absolute atomic E-state index is 0.280. The zero-order valence-electron chi connectivity index (χ0n) is 11.8. The quantitative estimate of drug-likeness (QED) is 0.501. The second-order valence-electron chi connectivity index (χ2n) is 5.20. The minimum atomic E-state index is -0.613. The van der Waals surface area contributed by atoms with E-state index in [0.717, 1.165) is 16.6 Å². The number of nitrogens with zero attached hydrogens (tertiary/aromatic N) is 2. The lowest BCUT2D eigenvalue weighted by Gasteiger charge is -2.08. The molecular formula is C18H10ClFN2O. The summed E-state index contributed by atoms with van der Waals surface area (Å²) >= 11 is 5.67. The van der Waals surface area contributed by atoms with E-state index in [1.54, 1.807) is 18.5 Å². The average Bonchev–Trinajstić information content (AvgIpc) is 2.93. The van der Waals surface area contributed by atoms with Crippen LogP contribution in [0.4, 0.5) is 4.39 Å². The van der Waals surface area contributed by atoms with Gasteiger partial charge in [0.1, 0.15) is 5.82 Å². The summed E-state index contributed by atoms with van der Waals surface area (Å²) in [5.74, 6) is -0.408. The van der Waals surface area contributed by atoms with E-state index in [0.29, 0.717) is 10.9 Å². The summed E-state index contributed by atoms with van der Waals surface area (Å²) in [7, 11) is 0. The molecule has 0 amide bonds. The van der Waals surface area contributed by atoms with E-state index >= 15 is 0 Å². The average molecular weight is 325 g/mol. The van der Waals surface area contributed by atoms with E-state index in [9.17, 15) is 9.18 Å². The normalized spacial score (nSPS) is 11.2. The molecule has 0 aliphatic rings. The Kier molecular flexibility index (Phi) is 3.13. The summed E-state index contributed by atoms with van der Waals surface area (Å²) in [6.07, 6.45) is 3.34. The number of benzene rings is 2. The predicted octanol–water partition coefficient (Wildman–Crippen LogP) is 4.70. The highest BCUT2D eigenvalue weighted by Gasteiger charge is 2.16. The monoisotopic (exact) mass is 324 g/mol. The third-order valence-electron chi connectivity index (χ3n) is 3.86. The number of rotatable bonds is 2. The van der Waals surface area contributed by atoms with E-state index < -0.39 is 11.1 Å². The molecule has 3 nitrogen and oxygen atoms in total. The fraction of sp³-hybridized carbons (Fsp3) is 0. The van der Waals surface area contributed by atoms with Crippen molar-refractivity contribution < 1.29 is 9.18 Å². The van der Waals surface area contributed by atoms with Gasteiger partial charge in [-0.2, -0.15) is 0 Å². The van der Waals surface area contributed by atoms with Crippen molar-refractivity contribution in [3.05, 3.63) is 72.3 Å². The molecule has 0 saturated heterocycles. The Morgan fingerprint density at radius 1 is 1.09 bits per heavy atom. The number of hydrogen-bond donors (Lipinski definition) is 0. The Bertz CT molecular complexity index is 1070. The Hall–Kier alpha value is -2.72. The minimum Gasteiger partial charge on any atom is -0.315 e. The lowest BCUT2D eigenvalue weighted by atomic mass is 10.1. The van der Waals surface area contributed by atoms with Crippen molar-refractivity contribution in [1.29, 1.82) is 0 Å². The maximum atomic E-state index is 13.6. The first-order chi connectivity index (χ1) is 11.1. The summed E-state index contributed by atoms with van der Waals surface area (Å²) in [4.78, 5) is 16.0. The van der Waals surface area contributed by atoms with Crippen LogP contribution in [0.3, 0.4) is 0 Å². The van der Waals surface area contributed by atoms with Crippen molar-refractivity contribution in [1.82, 2.24) is 9.55 Å². The molecule has 23 heavy (non-hydrogen) atoms. The molecule has 0 N–H and O–H groups in total. The summed E-state index contributed by atoms with van der Waals surface area (Å²) in [6, 6.07) is 13.9. The molecule has 0 atom stereocenters. The van der Waals surface area contributed by atoms with Crippen LogP contribution in [0.25, 0.3) is 27.5 Å². The van der Waals surface area contributed by atoms with Gasteiger partial charge in [-0.25, -0.2) is 4.39 Å². The molecule has 0 spiro atoms. The zero-order chi connectivity index (χ0) is 16.0. The molecule has 2 heterocycles. The molecule has 0 unspecified atom stereocenters. The van der Waals surface area contributed by atoms with Crippen LogP contribution in [0.5, 0.6) is 0 Å². The molecule has 0 radical (unpaired) electrons. The van der Waals surface area contributed by atoms with Crippen molar-refractivity contribution in [2.24, 2.45) is 0 Å². The van der Waals surface area contributed by atoms with E-state index in [1.807, 2.05) is 34.9 Å². The summed E-state index contributed by atoms with van der Waals surface area (Å²) in [5.41, 5.74) is 2.69. The maximum absolute atomic E-state index is 13.6. The van der Waals surface area contributed by atoms with Gasteiger partial charge in [-0.15, -0.1) is 0 Å². The van der Waals surface area contributed by atoms with Crippen LogP contribution in [0.2, 0.25) is 0 Å². The Morgan fingerprint density at radius 2 is 1.91 bits per heavy atom. The first-order valence-electron chi connectivity index (χ1n) is 7.00. The summed E-state index contributed by atoms with van der Waals surface area (Å²) < 4.78 is 15.4. The zero-order valence-corrected chi connectivity index (χ0v) is 12.6. The standard InChI is InChI=1S/C18H10ClFN2O/c19-18(23)14-10-22(16-6-5-11(20)9-13(14)16)17-7-8-21-15-4-2-1-3-12(15)17/h1-10H. The molecular weight excluding hydrogens is 315 g/mol. The number of fused-ring (bicyclic) bond motifs is 2. The van der Waals surface area contributed by atoms with Crippen LogP contribution in [-0.2, 0) is 0 Å². The second kappa shape index (κ2) is 5.18. The van der Waals surface area contributed by atoms with Crippen molar-refractivity contribution in [3.8, 4) is 5.69 Å². The van der Waals surface area contributed by atoms with Crippen LogP contribution >= 0.6 is 11.6 Å². The SMILES string of the molecule is O=C(Cl)c1cn(-c2ccnc3ccccc23)c2ccc(F)cc12. The van der Waals surface area contributed by atoms with E-state index in [2.05, 4.69) is 4.98 Å². The Labute approximate surface area is 135 Å². The molecule has 4 rings (SSSR count). The molecule has 0 aliphatic heterocycles. The summed E-state index contributed by atoms with van der Waals surface area (Å²) in [5, 5.41) is 0.813. The topological polar surface area (TPSA) is 34.9 Å². The number of carbonyl (C=O) groups excluding carboxylic acids is 1. The first-order valence-corrected chi connectivity index (χ1v) is 7.37. The van der Waals surface area contributed by atoms with E-state index in [4.69, 9.17) is 11.6 Å². The van der Waals surface area contributed by atoms with Gasteiger partial charge in [0.2, 0.25) is 0 Å². The summed E-state index contributed by atoms with van der Waals surface area (Å²) in [6.45, 7) is 0. The highest BCUT2D eigenvalue weighted by molar-refractivity contribution is 6.68. The highest BCUT2D eigenvalue weighted by Crippen LogP contribution is 2.29. The first kappa shape index (κ1) is 13.9. The van der Waals surface area contributed by atoms with Crippen LogP contribution in [0, 0.1) is 5.82 Å². The van der Waals surface area contributed by atoms with Gasteiger partial charge in [0, 0.05) is 23.2 Å². The Balaban J connectivity index is 2.11. The number of carbonyl (C=O) groups is 1. The predicted molar refractivity (Wildman–Crippen MR) is 88.7 cm³/mol. The molecule has 0 aliphatic carbocycles. The number of aromatic nitrogens is 2. The third-order valence-corrected chi connectivity index (χ3v) is 4.07. The van der Waals surface area contributed by atoms with Gasteiger partial charge in [0.15, 0.2) is 0 Å². The van der Waals surface area contributed by atoms with Crippen LogP contribution in [0.1, 0.15) is 10.4 Å². The second-order valence-corrected chi connectivity index (χ2v) is 5.54. The van der Waals surface area contributed by atoms with Crippen molar-refractivity contribution in [2.45, 2.75) is 0 Å². The van der Waals surface area contributed by atoms with Gasteiger partial charge < -0.3 is 4.57 Å². The number of halogens is 2. The number of pyridine rings is 1. The molecule has 0 fully saturated rings. The molecule has 0 bridgehead atoms. The fourth-order valence-corrected chi connectivity index (χ4v) is 3.00. The highest BCUT2D eigenvalue weighted by atomic mass is 35.5. The van der Waals surface area contributed by atoms with Gasteiger partial charge in [-0.05, 0) is 41.9 Å². The lowest BCUT2D eigenvalue weighted by Crippen LogP contribution is -1.94. The van der Waals surface area contributed by atoms with Crippen LogP contribution in [0.15, 0.2) is 60.9 Å². The third kappa shape index (κ3) is 2.19. The number of para-hydroxylation sites is 1. The molecule has 4 aromatic rings. The largest absolute Gasteiger partial charge is 0.315 e.